The van der Waals surface area contributed by atoms with Crippen molar-refractivity contribution in [1.29, 1.82) is 0 Å². The summed E-state index contributed by atoms with van der Waals surface area (Å²) in [7, 11) is 0. The fraction of sp³-hybridized carbons (Fsp3) is 0.263. The molecule has 0 fully saturated rings. The van der Waals surface area contributed by atoms with Gasteiger partial charge in [0, 0.05) is 29.4 Å². The van der Waals surface area contributed by atoms with E-state index in [1.807, 2.05) is 6.92 Å². The Labute approximate surface area is 156 Å². The molecule has 2 amide bonds. The van der Waals surface area contributed by atoms with Crippen LogP contribution in [-0.2, 0) is 9.59 Å². The number of ether oxygens (including phenoxy) is 2. The molecule has 136 valence electrons. The first kappa shape index (κ1) is 18.1. The second-order valence-corrected chi connectivity index (χ2v) is 6.30. The van der Waals surface area contributed by atoms with E-state index in [0.29, 0.717) is 41.1 Å². The van der Waals surface area contributed by atoms with Crippen molar-refractivity contribution in [3.8, 4) is 11.5 Å². The summed E-state index contributed by atoms with van der Waals surface area (Å²) in [4.78, 5) is 25.9. The molecule has 1 N–H and O–H groups in total. The van der Waals surface area contributed by atoms with Gasteiger partial charge in [-0.15, -0.1) is 0 Å². The quantitative estimate of drug-likeness (QED) is 0.890. The normalized spacial score (nSPS) is 12.4. The number of carbonyl (C=O) groups excluding carboxylic acids is 2. The van der Waals surface area contributed by atoms with Crippen LogP contribution in [0.25, 0.3) is 0 Å². The van der Waals surface area contributed by atoms with E-state index in [9.17, 15) is 9.59 Å². The molecule has 0 bridgehead atoms. The molecule has 0 unspecified atom stereocenters. The molecule has 2 aromatic rings. The lowest BCUT2D eigenvalue weighted by atomic mass is 10.2. The summed E-state index contributed by atoms with van der Waals surface area (Å²) in [6, 6.07) is 10.4. The molecule has 0 aliphatic carbocycles. The zero-order valence-electron chi connectivity index (χ0n) is 14.5. The number of rotatable bonds is 4. The van der Waals surface area contributed by atoms with Gasteiger partial charge in [0.2, 0.25) is 11.8 Å². The first-order chi connectivity index (χ1) is 12.5. The van der Waals surface area contributed by atoms with Crippen LogP contribution in [0.5, 0.6) is 11.5 Å². The van der Waals surface area contributed by atoms with Crippen molar-refractivity contribution in [2.24, 2.45) is 0 Å². The van der Waals surface area contributed by atoms with E-state index in [1.54, 1.807) is 36.4 Å². The standard InChI is InChI=1S/C19H19ClN2O4/c1-12-15(20)4-3-5-16(12)21-19(24)11-22(13(2)23)14-6-7-17-18(10-14)26-9-8-25-17/h3-7,10H,8-9,11H2,1-2H3,(H,21,24). The molecule has 1 heterocycles. The smallest absolute Gasteiger partial charge is 0.244 e. The van der Waals surface area contributed by atoms with Gasteiger partial charge < -0.3 is 19.7 Å². The van der Waals surface area contributed by atoms with Crippen LogP contribution in [0.15, 0.2) is 36.4 Å². The monoisotopic (exact) mass is 374 g/mol. The van der Waals surface area contributed by atoms with Gasteiger partial charge in [0.15, 0.2) is 11.5 Å². The van der Waals surface area contributed by atoms with Gasteiger partial charge in [-0.25, -0.2) is 0 Å². The Hall–Kier alpha value is -2.73. The van der Waals surface area contributed by atoms with Gasteiger partial charge in [0.05, 0.1) is 0 Å². The van der Waals surface area contributed by atoms with Crippen molar-refractivity contribution in [2.75, 3.05) is 30.0 Å². The predicted octanol–water partition coefficient (Wildman–Crippen LogP) is 3.41. The molecule has 0 spiro atoms. The van der Waals surface area contributed by atoms with E-state index in [-0.39, 0.29) is 18.4 Å². The first-order valence-corrected chi connectivity index (χ1v) is 8.56. The summed E-state index contributed by atoms with van der Waals surface area (Å²) in [6.07, 6.45) is 0. The summed E-state index contributed by atoms with van der Waals surface area (Å²) in [5.74, 6) is 0.619. The Morgan fingerprint density at radius 2 is 1.88 bits per heavy atom. The van der Waals surface area contributed by atoms with Crippen LogP contribution in [0, 0.1) is 6.92 Å². The SMILES string of the molecule is CC(=O)N(CC(=O)Nc1cccc(Cl)c1C)c1ccc2c(c1)OCCO2. The average Bonchev–Trinajstić information content (AvgIpc) is 2.63. The second kappa shape index (κ2) is 7.66. The van der Waals surface area contributed by atoms with Crippen LogP contribution in [0.3, 0.4) is 0 Å². The van der Waals surface area contributed by atoms with E-state index in [1.165, 1.54) is 11.8 Å². The van der Waals surface area contributed by atoms with Crippen molar-refractivity contribution in [3.63, 3.8) is 0 Å². The van der Waals surface area contributed by atoms with E-state index >= 15 is 0 Å². The Kier molecular flexibility index (Phi) is 5.32. The Bertz CT molecular complexity index is 853. The fourth-order valence-corrected chi connectivity index (χ4v) is 2.84. The number of carbonyl (C=O) groups is 2. The highest BCUT2D eigenvalue weighted by Gasteiger charge is 2.20. The highest BCUT2D eigenvalue weighted by molar-refractivity contribution is 6.31. The number of nitrogens with one attached hydrogen (secondary N) is 1. The maximum Gasteiger partial charge on any atom is 0.244 e. The maximum atomic E-state index is 12.4. The number of benzene rings is 2. The molecule has 0 saturated heterocycles. The summed E-state index contributed by atoms with van der Waals surface area (Å²) in [5, 5.41) is 3.36. The number of nitrogens with zero attached hydrogens (tertiary/aromatic N) is 1. The Morgan fingerprint density at radius 3 is 2.62 bits per heavy atom. The molecule has 0 radical (unpaired) electrons. The third-order valence-electron chi connectivity index (χ3n) is 4.06. The van der Waals surface area contributed by atoms with Crippen LogP contribution in [0.4, 0.5) is 11.4 Å². The first-order valence-electron chi connectivity index (χ1n) is 8.18. The number of hydrogen-bond donors (Lipinski definition) is 1. The van der Waals surface area contributed by atoms with Crippen molar-refractivity contribution >= 4 is 34.8 Å². The second-order valence-electron chi connectivity index (χ2n) is 5.89. The van der Waals surface area contributed by atoms with Crippen LogP contribution in [-0.4, -0.2) is 31.6 Å². The van der Waals surface area contributed by atoms with Crippen molar-refractivity contribution in [3.05, 3.63) is 47.0 Å². The van der Waals surface area contributed by atoms with Gasteiger partial charge >= 0.3 is 0 Å². The molecule has 7 heteroatoms. The molecule has 3 rings (SSSR count). The highest BCUT2D eigenvalue weighted by atomic mass is 35.5. The maximum absolute atomic E-state index is 12.4. The van der Waals surface area contributed by atoms with Crippen LogP contribution >= 0.6 is 11.6 Å². The Balaban J connectivity index is 1.77. The van der Waals surface area contributed by atoms with Crippen molar-refractivity contribution in [2.45, 2.75) is 13.8 Å². The average molecular weight is 375 g/mol. The lowest BCUT2D eigenvalue weighted by Gasteiger charge is -2.24. The Morgan fingerprint density at radius 1 is 1.15 bits per heavy atom. The summed E-state index contributed by atoms with van der Waals surface area (Å²) < 4.78 is 11.0. The van der Waals surface area contributed by atoms with Crippen LogP contribution < -0.4 is 19.7 Å². The fourth-order valence-electron chi connectivity index (χ4n) is 2.66. The molecule has 6 nitrogen and oxygen atoms in total. The lowest BCUT2D eigenvalue weighted by molar-refractivity contribution is -0.120. The number of hydrogen-bond acceptors (Lipinski definition) is 4. The zero-order chi connectivity index (χ0) is 18.7. The van der Waals surface area contributed by atoms with Gasteiger partial charge in [-0.1, -0.05) is 17.7 Å². The molecule has 0 saturated carbocycles. The third kappa shape index (κ3) is 3.91. The summed E-state index contributed by atoms with van der Waals surface area (Å²) in [6.45, 7) is 4.05. The van der Waals surface area contributed by atoms with Gasteiger partial charge in [-0.05, 0) is 36.8 Å². The minimum absolute atomic E-state index is 0.124. The number of halogens is 1. The number of fused-ring (bicyclic) bond motifs is 1. The van der Waals surface area contributed by atoms with Crippen molar-refractivity contribution in [1.82, 2.24) is 0 Å². The van der Waals surface area contributed by atoms with Gasteiger partial charge in [-0.3, -0.25) is 9.59 Å². The van der Waals surface area contributed by atoms with E-state index in [4.69, 9.17) is 21.1 Å². The molecule has 0 aromatic heterocycles. The molecule has 1 aliphatic heterocycles. The van der Waals surface area contributed by atoms with Crippen molar-refractivity contribution < 1.29 is 19.1 Å². The molecule has 2 aromatic carbocycles. The number of anilines is 2. The lowest BCUT2D eigenvalue weighted by Crippen LogP contribution is -2.36. The van der Waals surface area contributed by atoms with Crippen LogP contribution in [0.2, 0.25) is 5.02 Å². The number of amides is 2. The largest absolute Gasteiger partial charge is 0.486 e. The van der Waals surface area contributed by atoms with Gasteiger partial charge in [0.25, 0.3) is 0 Å². The molecular formula is C19H19ClN2O4. The van der Waals surface area contributed by atoms with E-state index in [0.717, 1.165) is 5.56 Å². The van der Waals surface area contributed by atoms with Crippen LogP contribution in [0.1, 0.15) is 12.5 Å². The minimum atomic E-state index is -0.319. The third-order valence-corrected chi connectivity index (χ3v) is 4.47. The van der Waals surface area contributed by atoms with Gasteiger partial charge in [-0.2, -0.15) is 0 Å². The summed E-state index contributed by atoms with van der Waals surface area (Å²) in [5.41, 5.74) is 1.96. The summed E-state index contributed by atoms with van der Waals surface area (Å²) >= 11 is 6.08. The molecular weight excluding hydrogens is 356 g/mol. The zero-order valence-corrected chi connectivity index (χ0v) is 15.3. The van der Waals surface area contributed by atoms with E-state index in [2.05, 4.69) is 5.32 Å². The molecule has 1 aliphatic rings. The predicted molar refractivity (Wildman–Crippen MR) is 100 cm³/mol. The minimum Gasteiger partial charge on any atom is -0.486 e. The van der Waals surface area contributed by atoms with Gasteiger partial charge in [0.1, 0.15) is 19.8 Å². The molecule has 0 atom stereocenters. The van der Waals surface area contributed by atoms with E-state index < -0.39 is 0 Å². The highest BCUT2D eigenvalue weighted by Crippen LogP contribution is 2.34. The topological polar surface area (TPSA) is 67.9 Å². The molecule has 26 heavy (non-hydrogen) atoms.